The third kappa shape index (κ3) is 9.07. The molecule has 0 spiro atoms. The third-order valence-electron chi connectivity index (χ3n) is 3.13. The Morgan fingerprint density at radius 1 is 1.13 bits per heavy atom. The maximum Gasteiger partial charge on any atom is 0.401 e. The topological polar surface area (TPSA) is 30.9 Å². The van der Waals surface area contributed by atoms with Crippen LogP contribution in [0.4, 0.5) is 13.2 Å². The summed E-state index contributed by atoms with van der Waals surface area (Å²) in [5, 5.41) is 3.18. The summed E-state index contributed by atoms with van der Waals surface area (Å²) < 4.78 is 36.7. The van der Waals surface area contributed by atoms with Gasteiger partial charge in [0.15, 0.2) is 5.96 Å². The molecule has 0 atom stereocenters. The second-order valence-electron chi connectivity index (χ2n) is 5.65. The van der Waals surface area contributed by atoms with E-state index in [0.29, 0.717) is 26.1 Å². The first kappa shape index (κ1) is 19.3. The SMILES string of the molecule is CN(CCCNC(=NCc1ccccc1)N(C)C)CC(F)(F)F. The number of hydrogen-bond donors (Lipinski definition) is 1. The Balaban J connectivity index is 2.36. The van der Waals surface area contributed by atoms with Crippen LogP contribution in [0.2, 0.25) is 0 Å². The Morgan fingerprint density at radius 3 is 2.35 bits per heavy atom. The average molecular weight is 330 g/mol. The number of aliphatic imine (C=N–C) groups is 1. The smallest absolute Gasteiger partial charge is 0.356 e. The molecule has 130 valence electrons. The highest BCUT2D eigenvalue weighted by atomic mass is 19.4. The molecule has 4 nitrogen and oxygen atoms in total. The van der Waals surface area contributed by atoms with Crippen LogP contribution in [-0.4, -0.2) is 62.7 Å². The lowest BCUT2D eigenvalue weighted by atomic mass is 10.2. The zero-order valence-corrected chi connectivity index (χ0v) is 13.9. The van der Waals surface area contributed by atoms with Gasteiger partial charge in [0.2, 0.25) is 0 Å². The van der Waals surface area contributed by atoms with Gasteiger partial charge >= 0.3 is 6.18 Å². The molecule has 1 aromatic rings. The minimum absolute atomic E-state index is 0.381. The van der Waals surface area contributed by atoms with Crippen molar-refractivity contribution in [1.29, 1.82) is 0 Å². The molecule has 0 heterocycles. The normalized spacial score (nSPS) is 12.6. The second kappa shape index (κ2) is 9.39. The van der Waals surface area contributed by atoms with Crippen molar-refractivity contribution in [3.05, 3.63) is 35.9 Å². The Morgan fingerprint density at radius 2 is 1.78 bits per heavy atom. The summed E-state index contributed by atoms with van der Waals surface area (Å²) in [5.74, 6) is 0.729. The van der Waals surface area contributed by atoms with Crippen LogP contribution in [0.5, 0.6) is 0 Å². The zero-order valence-electron chi connectivity index (χ0n) is 13.9. The molecule has 1 aromatic carbocycles. The maximum atomic E-state index is 12.2. The van der Waals surface area contributed by atoms with E-state index in [1.807, 2.05) is 49.3 Å². The number of benzene rings is 1. The van der Waals surface area contributed by atoms with Crippen LogP contribution in [0.15, 0.2) is 35.3 Å². The fourth-order valence-electron chi connectivity index (χ4n) is 2.04. The molecule has 0 saturated carbocycles. The fourth-order valence-corrected chi connectivity index (χ4v) is 2.04. The van der Waals surface area contributed by atoms with E-state index in [9.17, 15) is 13.2 Å². The summed E-state index contributed by atoms with van der Waals surface area (Å²) in [6.45, 7) is 0.644. The van der Waals surface area contributed by atoms with E-state index < -0.39 is 12.7 Å². The number of alkyl halides is 3. The summed E-state index contributed by atoms with van der Waals surface area (Å²) in [4.78, 5) is 7.65. The van der Waals surface area contributed by atoms with Crippen molar-refractivity contribution in [2.75, 3.05) is 40.8 Å². The molecule has 0 fully saturated rings. The van der Waals surface area contributed by atoms with Crippen molar-refractivity contribution in [2.45, 2.75) is 19.1 Å². The molecule has 23 heavy (non-hydrogen) atoms. The van der Waals surface area contributed by atoms with Crippen molar-refractivity contribution >= 4 is 5.96 Å². The number of halogens is 3. The Bertz CT molecular complexity index is 472. The molecule has 0 aliphatic carbocycles. The number of rotatable bonds is 7. The van der Waals surface area contributed by atoms with Gasteiger partial charge in [-0.25, -0.2) is 4.99 Å². The first-order valence-electron chi connectivity index (χ1n) is 7.53. The van der Waals surface area contributed by atoms with E-state index in [1.54, 1.807) is 0 Å². The fraction of sp³-hybridized carbons (Fsp3) is 0.562. The van der Waals surface area contributed by atoms with E-state index in [4.69, 9.17) is 0 Å². The summed E-state index contributed by atoms with van der Waals surface area (Å²) in [5.41, 5.74) is 1.11. The number of nitrogens with zero attached hydrogens (tertiary/aromatic N) is 3. The molecule has 0 bridgehead atoms. The van der Waals surface area contributed by atoms with Crippen molar-refractivity contribution < 1.29 is 13.2 Å². The lowest BCUT2D eigenvalue weighted by Crippen LogP contribution is -2.38. The van der Waals surface area contributed by atoms with E-state index in [1.165, 1.54) is 11.9 Å². The van der Waals surface area contributed by atoms with Crippen LogP contribution < -0.4 is 5.32 Å². The van der Waals surface area contributed by atoms with Crippen molar-refractivity contribution in [2.24, 2.45) is 4.99 Å². The van der Waals surface area contributed by atoms with Gasteiger partial charge in [-0.05, 0) is 25.6 Å². The van der Waals surface area contributed by atoms with Crippen LogP contribution in [0.3, 0.4) is 0 Å². The van der Waals surface area contributed by atoms with Gasteiger partial charge in [-0.3, -0.25) is 4.90 Å². The summed E-state index contributed by atoms with van der Waals surface area (Å²) in [6, 6.07) is 9.88. The molecule has 0 unspecified atom stereocenters. The van der Waals surface area contributed by atoms with Gasteiger partial charge in [0.1, 0.15) is 0 Å². The first-order valence-corrected chi connectivity index (χ1v) is 7.53. The molecule has 1 rings (SSSR count). The van der Waals surface area contributed by atoms with Crippen LogP contribution in [0.25, 0.3) is 0 Å². The van der Waals surface area contributed by atoms with Gasteiger partial charge < -0.3 is 10.2 Å². The van der Waals surface area contributed by atoms with Crippen LogP contribution >= 0.6 is 0 Å². The van der Waals surface area contributed by atoms with E-state index in [2.05, 4.69) is 10.3 Å². The van der Waals surface area contributed by atoms with Gasteiger partial charge in [0, 0.05) is 20.6 Å². The monoisotopic (exact) mass is 330 g/mol. The van der Waals surface area contributed by atoms with Crippen LogP contribution in [0.1, 0.15) is 12.0 Å². The van der Waals surface area contributed by atoms with E-state index in [-0.39, 0.29) is 0 Å². The molecule has 1 N–H and O–H groups in total. The summed E-state index contributed by atoms with van der Waals surface area (Å²) in [6.07, 6.45) is -3.53. The largest absolute Gasteiger partial charge is 0.401 e. The predicted molar refractivity (Wildman–Crippen MR) is 87.4 cm³/mol. The van der Waals surface area contributed by atoms with E-state index in [0.717, 1.165) is 11.5 Å². The van der Waals surface area contributed by atoms with E-state index >= 15 is 0 Å². The van der Waals surface area contributed by atoms with Gasteiger partial charge in [-0.15, -0.1) is 0 Å². The average Bonchev–Trinajstić information content (AvgIpc) is 2.45. The number of nitrogens with one attached hydrogen (secondary N) is 1. The highest BCUT2D eigenvalue weighted by molar-refractivity contribution is 5.79. The summed E-state index contributed by atoms with van der Waals surface area (Å²) >= 11 is 0. The summed E-state index contributed by atoms with van der Waals surface area (Å²) in [7, 11) is 5.24. The molecule has 0 saturated heterocycles. The second-order valence-corrected chi connectivity index (χ2v) is 5.65. The van der Waals surface area contributed by atoms with Gasteiger partial charge in [0.25, 0.3) is 0 Å². The Labute approximate surface area is 136 Å². The lowest BCUT2D eigenvalue weighted by molar-refractivity contribution is -0.143. The zero-order chi connectivity index (χ0) is 17.3. The third-order valence-corrected chi connectivity index (χ3v) is 3.13. The van der Waals surface area contributed by atoms with Gasteiger partial charge in [-0.2, -0.15) is 13.2 Å². The highest BCUT2D eigenvalue weighted by Gasteiger charge is 2.28. The standard InChI is InChI=1S/C16H25F3N4/c1-22(2)15(21-12-14-8-5-4-6-9-14)20-10-7-11-23(3)13-16(17,18)19/h4-6,8-9H,7,10-13H2,1-3H3,(H,20,21). The first-order chi connectivity index (χ1) is 10.8. The molecule has 0 radical (unpaired) electrons. The maximum absolute atomic E-state index is 12.2. The molecule has 0 aliphatic rings. The molecule has 7 heteroatoms. The van der Waals surface area contributed by atoms with Gasteiger partial charge in [-0.1, -0.05) is 30.3 Å². The molecule has 0 aliphatic heterocycles. The molecular formula is C16H25F3N4. The van der Waals surface area contributed by atoms with Gasteiger partial charge in [0.05, 0.1) is 13.1 Å². The highest BCUT2D eigenvalue weighted by Crippen LogP contribution is 2.15. The Kier molecular flexibility index (Phi) is 7.88. The Hall–Kier alpha value is -1.76. The molecule has 0 amide bonds. The number of hydrogen-bond acceptors (Lipinski definition) is 2. The van der Waals surface area contributed by atoms with Crippen molar-refractivity contribution in [1.82, 2.24) is 15.1 Å². The van der Waals surface area contributed by atoms with Crippen LogP contribution in [-0.2, 0) is 6.54 Å². The van der Waals surface area contributed by atoms with Crippen molar-refractivity contribution in [3.8, 4) is 0 Å². The number of guanidine groups is 1. The quantitative estimate of drug-likeness (QED) is 0.474. The minimum atomic E-state index is -4.14. The minimum Gasteiger partial charge on any atom is -0.356 e. The predicted octanol–water partition coefficient (Wildman–Crippen LogP) is 2.58. The molecular weight excluding hydrogens is 305 g/mol. The lowest BCUT2D eigenvalue weighted by Gasteiger charge is -2.20. The molecule has 0 aromatic heterocycles. The van der Waals surface area contributed by atoms with Crippen molar-refractivity contribution in [3.63, 3.8) is 0 Å². The van der Waals surface area contributed by atoms with Crippen LogP contribution in [0, 0.1) is 0 Å².